The van der Waals surface area contributed by atoms with Gasteiger partial charge in [-0.25, -0.2) is 0 Å². The minimum atomic E-state index is 0.633. The Bertz CT molecular complexity index is 687. The molecule has 0 bridgehead atoms. The summed E-state index contributed by atoms with van der Waals surface area (Å²) in [4.78, 5) is 0. The van der Waals surface area contributed by atoms with Crippen LogP contribution >= 0.6 is 0 Å². The van der Waals surface area contributed by atoms with Crippen LogP contribution in [0.4, 0.5) is 0 Å². The molecule has 0 aliphatic heterocycles. The minimum absolute atomic E-state index is 0.633. The van der Waals surface area contributed by atoms with Crippen LogP contribution in [0.25, 0.3) is 17.2 Å². The number of aryl methyl sites for hydroxylation is 1. The SMILES string of the molecule is Cc1cccc(-c2cccc3c2C=C(C(C)C)C3)c1C. The fourth-order valence-corrected chi connectivity index (χ4v) is 3.04. The molecular weight excluding hydrogens is 240 g/mol. The van der Waals surface area contributed by atoms with Crippen LogP contribution in [0.15, 0.2) is 42.0 Å². The Labute approximate surface area is 122 Å². The average molecular weight is 262 g/mol. The first-order valence-corrected chi connectivity index (χ1v) is 7.47. The summed E-state index contributed by atoms with van der Waals surface area (Å²) < 4.78 is 0. The summed E-state index contributed by atoms with van der Waals surface area (Å²) in [5.74, 6) is 0.633. The number of fused-ring (bicyclic) bond motifs is 1. The molecule has 0 fully saturated rings. The fourth-order valence-electron chi connectivity index (χ4n) is 3.04. The summed E-state index contributed by atoms with van der Waals surface area (Å²) in [7, 11) is 0. The van der Waals surface area contributed by atoms with Crippen molar-refractivity contribution in [3.8, 4) is 11.1 Å². The van der Waals surface area contributed by atoms with Crippen LogP contribution in [0.3, 0.4) is 0 Å². The van der Waals surface area contributed by atoms with E-state index in [1.807, 2.05) is 0 Å². The molecule has 1 aliphatic rings. The third kappa shape index (κ3) is 2.10. The van der Waals surface area contributed by atoms with Crippen LogP contribution in [-0.2, 0) is 6.42 Å². The van der Waals surface area contributed by atoms with Crippen molar-refractivity contribution in [3.63, 3.8) is 0 Å². The molecule has 0 saturated heterocycles. The van der Waals surface area contributed by atoms with Gasteiger partial charge in [0.15, 0.2) is 0 Å². The minimum Gasteiger partial charge on any atom is -0.0626 e. The highest BCUT2D eigenvalue weighted by Crippen LogP contribution is 2.37. The molecule has 3 rings (SSSR count). The summed E-state index contributed by atoms with van der Waals surface area (Å²) in [5, 5.41) is 0. The van der Waals surface area contributed by atoms with E-state index in [2.05, 4.69) is 70.2 Å². The molecule has 0 amide bonds. The number of benzene rings is 2. The molecule has 0 saturated carbocycles. The lowest BCUT2D eigenvalue weighted by Crippen LogP contribution is -1.93. The predicted octanol–water partition coefficient (Wildman–Crippen LogP) is 5.57. The van der Waals surface area contributed by atoms with Crippen molar-refractivity contribution in [3.05, 3.63) is 64.2 Å². The van der Waals surface area contributed by atoms with Gasteiger partial charge in [-0.2, -0.15) is 0 Å². The topological polar surface area (TPSA) is 0 Å². The highest BCUT2D eigenvalue weighted by molar-refractivity contribution is 5.82. The molecule has 0 spiro atoms. The van der Waals surface area contributed by atoms with Gasteiger partial charge >= 0.3 is 0 Å². The van der Waals surface area contributed by atoms with Gasteiger partial charge in [0.25, 0.3) is 0 Å². The lowest BCUT2D eigenvalue weighted by atomic mass is 9.92. The van der Waals surface area contributed by atoms with E-state index >= 15 is 0 Å². The van der Waals surface area contributed by atoms with E-state index < -0.39 is 0 Å². The smallest absolute Gasteiger partial charge is 0.00550 e. The second-order valence-corrected chi connectivity index (χ2v) is 6.18. The molecule has 0 radical (unpaired) electrons. The van der Waals surface area contributed by atoms with Crippen LogP contribution in [0.1, 0.15) is 36.1 Å². The van der Waals surface area contributed by atoms with Gasteiger partial charge in [0.2, 0.25) is 0 Å². The second kappa shape index (κ2) is 4.94. The number of allylic oxidation sites excluding steroid dienone is 1. The third-order valence-electron chi connectivity index (χ3n) is 4.56. The van der Waals surface area contributed by atoms with E-state index in [4.69, 9.17) is 0 Å². The van der Waals surface area contributed by atoms with E-state index in [9.17, 15) is 0 Å². The van der Waals surface area contributed by atoms with Gasteiger partial charge in [0, 0.05) is 0 Å². The van der Waals surface area contributed by atoms with Crippen molar-refractivity contribution >= 4 is 6.08 Å². The molecule has 0 heteroatoms. The van der Waals surface area contributed by atoms with Crippen molar-refractivity contribution < 1.29 is 0 Å². The zero-order chi connectivity index (χ0) is 14.3. The zero-order valence-corrected chi connectivity index (χ0v) is 12.8. The summed E-state index contributed by atoms with van der Waals surface area (Å²) in [5.41, 5.74) is 10.00. The quantitative estimate of drug-likeness (QED) is 0.664. The molecule has 102 valence electrons. The van der Waals surface area contributed by atoms with Crippen LogP contribution < -0.4 is 0 Å². The predicted molar refractivity (Wildman–Crippen MR) is 87.9 cm³/mol. The molecule has 20 heavy (non-hydrogen) atoms. The van der Waals surface area contributed by atoms with Gasteiger partial charge in [-0.15, -0.1) is 0 Å². The Hall–Kier alpha value is -1.82. The maximum atomic E-state index is 2.41. The maximum absolute atomic E-state index is 2.41. The van der Waals surface area contributed by atoms with Gasteiger partial charge in [0.05, 0.1) is 0 Å². The first-order valence-electron chi connectivity index (χ1n) is 7.47. The van der Waals surface area contributed by atoms with Gasteiger partial charge in [-0.1, -0.05) is 61.9 Å². The molecule has 0 nitrogen and oxygen atoms in total. The van der Waals surface area contributed by atoms with Crippen molar-refractivity contribution in [2.24, 2.45) is 5.92 Å². The van der Waals surface area contributed by atoms with Crippen LogP contribution in [0, 0.1) is 19.8 Å². The van der Waals surface area contributed by atoms with Crippen LogP contribution in [0.5, 0.6) is 0 Å². The molecule has 0 heterocycles. The standard InChI is InChI=1S/C20H22/c1-13(2)17-11-16-8-6-10-19(20(16)12-17)18-9-5-7-14(3)15(18)4/h5-10,12-13H,11H2,1-4H3. The van der Waals surface area contributed by atoms with Gasteiger partial charge < -0.3 is 0 Å². The van der Waals surface area contributed by atoms with E-state index in [1.165, 1.54) is 33.4 Å². The van der Waals surface area contributed by atoms with E-state index in [1.54, 1.807) is 5.57 Å². The summed E-state index contributed by atoms with van der Waals surface area (Å²) >= 11 is 0. The number of hydrogen-bond acceptors (Lipinski definition) is 0. The number of hydrogen-bond donors (Lipinski definition) is 0. The average Bonchev–Trinajstić information content (AvgIpc) is 2.86. The molecule has 0 atom stereocenters. The second-order valence-electron chi connectivity index (χ2n) is 6.18. The highest BCUT2D eigenvalue weighted by atomic mass is 14.2. The maximum Gasteiger partial charge on any atom is -0.00550 e. The summed E-state index contributed by atoms with van der Waals surface area (Å²) in [6, 6.07) is 13.3. The third-order valence-corrected chi connectivity index (χ3v) is 4.56. The first-order chi connectivity index (χ1) is 9.58. The van der Waals surface area contributed by atoms with E-state index in [0.29, 0.717) is 5.92 Å². The molecule has 0 aromatic heterocycles. The zero-order valence-electron chi connectivity index (χ0n) is 12.8. The largest absolute Gasteiger partial charge is 0.0626 e. The Kier molecular flexibility index (Phi) is 3.25. The van der Waals surface area contributed by atoms with Crippen molar-refractivity contribution in [2.75, 3.05) is 0 Å². The molecule has 0 N–H and O–H groups in total. The highest BCUT2D eigenvalue weighted by Gasteiger charge is 2.18. The summed E-state index contributed by atoms with van der Waals surface area (Å²) in [6.45, 7) is 8.99. The van der Waals surface area contributed by atoms with Crippen LogP contribution in [0.2, 0.25) is 0 Å². The van der Waals surface area contributed by atoms with Crippen molar-refractivity contribution in [2.45, 2.75) is 34.1 Å². The fraction of sp³-hybridized carbons (Fsp3) is 0.300. The first kappa shape index (κ1) is 13.2. The Morgan fingerprint density at radius 3 is 2.35 bits per heavy atom. The van der Waals surface area contributed by atoms with E-state index in [0.717, 1.165) is 6.42 Å². The molecule has 1 aliphatic carbocycles. The molecular formula is C20H22. The molecule has 0 unspecified atom stereocenters. The van der Waals surface area contributed by atoms with Crippen molar-refractivity contribution in [1.82, 2.24) is 0 Å². The lowest BCUT2D eigenvalue weighted by molar-refractivity contribution is 0.754. The van der Waals surface area contributed by atoms with Gasteiger partial charge in [-0.05, 0) is 59.6 Å². The monoisotopic (exact) mass is 262 g/mol. The van der Waals surface area contributed by atoms with Gasteiger partial charge in [0.1, 0.15) is 0 Å². The lowest BCUT2D eigenvalue weighted by Gasteiger charge is -2.12. The molecule has 2 aromatic rings. The molecule has 2 aromatic carbocycles. The van der Waals surface area contributed by atoms with Gasteiger partial charge in [-0.3, -0.25) is 0 Å². The van der Waals surface area contributed by atoms with E-state index in [-0.39, 0.29) is 0 Å². The Morgan fingerprint density at radius 1 is 0.900 bits per heavy atom. The normalized spacial score (nSPS) is 13.6. The number of rotatable bonds is 2. The van der Waals surface area contributed by atoms with Crippen LogP contribution in [-0.4, -0.2) is 0 Å². The summed E-state index contributed by atoms with van der Waals surface area (Å²) in [6.07, 6.45) is 3.53. The Balaban J connectivity index is 2.18. The van der Waals surface area contributed by atoms with Crippen molar-refractivity contribution in [1.29, 1.82) is 0 Å². The Morgan fingerprint density at radius 2 is 1.60 bits per heavy atom.